The van der Waals surface area contributed by atoms with E-state index in [0.717, 1.165) is 24.1 Å². The van der Waals surface area contributed by atoms with Crippen LogP contribution in [-0.4, -0.2) is 4.98 Å². The Morgan fingerprint density at radius 3 is 2.50 bits per heavy atom. The molecule has 0 amide bonds. The average molecular weight is 235 g/mol. The summed E-state index contributed by atoms with van der Waals surface area (Å²) in [6.07, 6.45) is 1.78. The van der Waals surface area contributed by atoms with Crippen molar-refractivity contribution in [2.45, 2.75) is 26.7 Å². The summed E-state index contributed by atoms with van der Waals surface area (Å²) in [5.41, 5.74) is 2.23. The molecule has 3 heteroatoms. The third-order valence-electron chi connectivity index (χ3n) is 2.52. The van der Waals surface area contributed by atoms with Gasteiger partial charge in [0.15, 0.2) is 0 Å². The van der Waals surface area contributed by atoms with Crippen LogP contribution in [0.2, 0.25) is 0 Å². The van der Waals surface area contributed by atoms with Gasteiger partial charge in [0.1, 0.15) is 5.82 Å². The minimum atomic E-state index is -0.187. The zero-order valence-corrected chi connectivity index (χ0v) is 10.3. The van der Waals surface area contributed by atoms with Crippen molar-refractivity contribution in [2.75, 3.05) is 0 Å². The van der Waals surface area contributed by atoms with Gasteiger partial charge in [0.25, 0.3) is 0 Å². The normalized spacial score (nSPS) is 10.7. The first-order valence-corrected chi connectivity index (χ1v) is 6.20. The Morgan fingerprint density at radius 1 is 1.25 bits per heavy atom. The molecular formula is C13H14FNS. The number of rotatable bonds is 3. The average Bonchev–Trinajstić information content (AvgIpc) is 2.63. The van der Waals surface area contributed by atoms with Gasteiger partial charge in [-0.25, -0.2) is 9.37 Å². The number of thiazole rings is 1. The molecule has 16 heavy (non-hydrogen) atoms. The van der Waals surface area contributed by atoms with Gasteiger partial charge >= 0.3 is 0 Å². The van der Waals surface area contributed by atoms with Gasteiger partial charge in [0, 0.05) is 11.3 Å². The predicted molar refractivity (Wildman–Crippen MR) is 65.4 cm³/mol. The van der Waals surface area contributed by atoms with Crippen molar-refractivity contribution in [1.82, 2.24) is 4.98 Å². The molecule has 1 heterocycles. The monoisotopic (exact) mass is 235 g/mol. The molecule has 2 aromatic rings. The topological polar surface area (TPSA) is 12.9 Å². The molecule has 0 saturated carbocycles. The minimum absolute atomic E-state index is 0.187. The second-order valence-electron chi connectivity index (χ2n) is 3.77. The number of hydrogen-bond acceptors (Lipinski definition) is 2. The van der Waals surface area contributed by atoms with E-state index >= 15 is 0 Å². The van der Waals surface area contributed by atoms with Gasteiger partial charge in [0.2, 0.25) is 0 Å². The molecule has 84 valence electrons. The fourth-order valence-electron chi connectivity index (χ4n) is 1.60. The van der Waals surface area contributed by atoms with Crippen molar-refractivity contribution in [2.24, 2.45) is 0 Å². The summed E-state index contributed by atoms with van der Waals surface area (Å²) in [5, 5.41) is 1.18. The Kier molecular flexibility index (Phi) is 3.34. The van der Waals surface area contributed by atoms with Crippen LogP contribution in [0, 0.1) is 12.7 Å². The Hall–Kier alpha value is -1.22. The first-order chi connectivity index (χ1) is 7.69. The number of aromatic nitrogens is 1. The van der Waals surface area contributed by atoms with Crippen molar-refractivity contribution in [3.05, 3.63) is 51.2 Å². The molecule has 0 atom stereocenters. The maximum Gasteiger partial charge on any atom is 0.123 e. The molecule has 0 unspecified atom stereocenters. The SMILES string of the molecule is CCc1nc(Cc2ccc(F)cc2)c(C)s1. The number of halogens is 1. The summed E-state index contributed by atoms with van der Waals surface area (Å²) >= 11 is 1.75. The smallest absolute Gasteiger partial charge is 0.123 e. The quantitative estimate of drug-likeness (QED) is 0.789. The summed E-state index contributed by atoms with van der Waals surface area (Å²) in [6.45, 7) is 4.20. The lowest BCUT2D eigenvalue weighted by Crippen LogP contribution is -1.91. The molecule has 0 saturated heterocycles. The van der Waals surface area contributed by atoms with Crippen LogP contribution in [-0.2, 0) is 12.8 Å². The molecule has 1 aromatic heterocycles. The second kappa shape index (κ2) is 4.74. The largest absolute Gasteiger partial charge is 0.246 e. The van der Waals surface area contributed by atoms with Gasteiger partial charge in [-0.15, -0.1) is 11.3 Å². The van der Waals surface area contributed by atoms with E-state index in [1.807, 2.05) is 12.1 Å². The molecule has 0 N–H and O–H groups in total. The van der Waals surface area contributed by atoms with E-state index in [0.29, 0.717) is 0 Å². The summed E-state index contributed by atoms with van der Waals surface area (Å²) in [5.74, 6) is -0.187. The van der Waals surface area contributed by atoms with Gasteiger partial charge in [-0.1, -0.05) is 19.1 Å². The van der Waals surface area contributed by atoms with Gasteiger partial charge in [-0.3, -0.25) is 0 Å². The zero-order chi connectivity index (χ0) is 11.5. The molecular weight excluding hydrogens is 221 g/mol. The second-order valence-corrected chi connectivity index (χ2v) is 5.06. The van der Waals surface area contributed by atoms with Gasteiger partial charge in [-0.05, 0) is 31.0 Å². The van der Waals surface area contributed by atoms with Crippen LogP contribution < -0.4 is 0 Å². The first-order valence-electron chi connectivity index (χ1n) is 5.38. The van der Waals surface area contributed by atoms with E-state index in [-0.39, 0.29) is 5.82 Å². The molecule has 0 radical (unpaired) electrons. The third kappa shape index (κ3) is 2.47. The van der Waals surface area contributed by atoms with E-state index in [4.69, 9.17) is 0 Å². The van der Waals surface area contributed by atoms with Crippen LogP contribution in [0.3, 0.4) is 0 Å². The molecule has 1 aromatic carbocycles. The van der Waals surface area contributed by atoms with E-state index in [1.165, 1.54) is 22.0 Å². The molecule has 0 spiro atoms. The highest BCUT2D eigenvalue weighted by Crippen LogP contribution is 2.20. The van der Waals surface area contributed by atoms with Gasteiger partial charge in [0.05, 0.1) is 10.7 Å². The van der Waals surface area contributed by atoms with Gasteiger partial charge < -0.3 is 0 Å². The molecule has 0 aliphatic carbocycles. The Bertz CT molecular complexity index is 473. The number of aryl methyl sites for hydroxylation is 2. The minimum Gasteiger partial charge on any atom is -0.246 e. The van der Waals surface area contributed by atoms with Crippen LogP contribution in [0.15, 0.2) is 24.3 Å². The zero-order valence-electron chi connectivity index (χ0n) is 9.46. The predicted octanol–water partition coefficient (Wildman–Crippen LogP) is 3.74. The molecule has 0 bridgehead atoms. The highest BCUT2D eigenvalue weighted by Gasteiger charge is 2.07. The Labute approximate surface area is 99.0 Å². The highest BCUT2D eigenvalue weighted by atomic mass is 32.1. The summed E-state index contributed by atoms with van der Waals surface area (Å²) in [6, 6.07) is 6.63. The molecule has 2 rings (SSSR count). The molecule has 1 nitrogen and oxygen atoms in total. The third-order valence-corrected chi connectivity index (χ3v) is 3.68. The molecule has 0 aliphatic heterocycles. The summed E-state index contributed by atoms with van der Waals surface area (Å²) in [4.78, 5) is 5.84. The van der Waals surface area contributed by atoms with Crippen molar-refractivity contribution >= 4 is 11.3 Å². The maximum atomic E-state index is 12.7. The molecule has 0 fully saturated rings. The fourth-order valence-corrected chi connectivity index (χ4v) is 2.49. The van der Waals surface area contributed by atoms with Crippen LogP contribution in [0.5, 0.6) is 0 Å². The van der Waals surface area contributed by atoms with Crippen molar-refractivity contribution in [3.63, 3.8) is 0 Å². The maximum absolute atomic E-state index is 12.7. The van der Waals surface area contributed by atoms with Gasteiger partial charge in [-0.2, -0.15) is 0 Å². The number of nitrogens with zero attached hydrogens (tertiary/aromatic N) is 1. The Morgan fingerprint density at radius 2 is 1.94 bits per heavy atom. The number of hydrogen-bond donors (Lipinski definition) is 0. The van der Waals surface area contributed by atoms with Crippen LogP contribution in [0.4, 0.5) is 4.39 Å². The van der Waals surface area contributed by atoms with Crippen molar-refractivity contribution in [1.29, 1.82) is 0 Å². The van der Waals surface area contributed by atoms with E-state index < -0.39 is 0 Å². The van der Waals surface area contributed by atoms with Crippen LogP contribution in [0.1, 0.15) is 28.1 Å². The fraction of sp³-hybridized carbons (Fsp3) is 0.308. The lowest BCUT2D eigenvalue weighted by Gasteiger charge is -1.99. The Balaban J connectivity index is 2.19. The van der Waals surface area contributed by atoms with Crippen LogP contribution >= 0.6 is 11.3 Å². The van der Waals surface area contributed by atoms with E-state index in [1.54, 1.807) is 11.3 Å². The summed E-state index contributed by atoms with van der Waals surface area (Å²) in [7, 11) is 0. The first kappa shape index (κ1) is 11.3. The highest BCUT2D eigenvalue weighted by molar-refractivity contribution is 7.11. The number of benzene rings is 1. The van der Waals surface area contributed by atoms with E-state index in [9.17, 15) is 4.39 Å². The van der Waals surface area contributed by atoms with Crippen molar-refractivity contribution in [3.8, 4) is 0 Å². The lowest BCUT2D eigenvalue weighted by atomic mass is 10.1. The summed E-state index contributed by atoms with van der Waals surface area (Å²) < 4.78 is 12.7. The van der Waals surface area contributed by atoms with Crippen LogP contribution in [0.25, 0.3) is 0 Å². The van der Waals surface area contributed by atoms with Crippen molar-refractivity contribution < 1.29 is 4.39 Å². The molecule has 0 aliphatic rings. The lowest BCUT2D eigenvalue weighted by molar-refractivity contribution is 0.627. The van der Waals surface area contributed by atoms with E-state index in [2.05, 4.69) is 18.8 Å². The standard InChI is InChI=1S/C13H14FNS/c1-3-13-15-12(9(2)16-13)8-10-4-6-11(14)7-5-10/h4-7H,3,8H2,1-2H3.